The second-order valence-electron chi connectivity index (χ2n) is 8.68. The van der Waals surface area contributed by atoms with E-state index < -0.39 is 17.7 Å². The van der Waals surface area contributed by atoms with Gasteiger partial charge in [-0.25, -0.2) is 4.68 Å². The van der Waals surface area contributed by atoms with Crippen molar-refractivity contribution in [2.45, 2.75) is 52.3 Å². The molecule has 198 valence electrons. The van der Waals surface area contributed by atoms with E-state index in [2.05, 4.69) is 15.2 Å². The van der Waals surface area contributed by atoms with Gasteiger partial charge in [0.25, 0.3) is 5.91 Å². The highest BCUT2D eigenvalue weighted by Crippen LogP contribution is 2.33. The molecule has 1 unspecified atom stereocenters. The number of amides is 1. The number of rotatable bonds is 10. The van der Waals surface area contributed by atoms with Crippen LogP contribution in [0.3, 0.4) is 0 Å². The molecule has 0 aliphatic rings. The monoisotopic (exact) mass is 517 g/mol. The van der Waals surface area contributed by atoms with Crippen molar-refractivity contribution in [2.24, 2.45) is 0 Å². The molecule has 3 rings (SSSR count). The highest BCUT2D eigenvalue weighted by Gasteiger charge is 2.32. The molecule has 7 nitrogen and oxygen atoms in total. The summed E-state index contributed by atoms with van der Waals surface area (Å²) < 4.78 is 51.1. The first-order chi connectivity index (χ1) is 17.5. The molecule has 0 aliphatic heterocycles. The van der Waals surface area contributed by atoms with E-state index in [9.17, 15) is 22.8 Å². The maximum atomic E-state index is 13.0. The summed E-state index contributed by atoms with van der Waals surface area (Å²) >= 11 is 0. The Balaban J connectivity index is 1.75. The zero-order chi connectivity index (χ0) is 27.2. The van der Waals surface area contributed by atoms with E-state index in [1.807, 2.05) is 19.1 Å². The maximum Gasteiger partial charge on any atom is 0.419 e. The summed E-state index contributed by atoms with van der Waals surface area (Å²) in [4.78, 5) is 23.5. The van der Waals surface area contributed by atoms with Crippen LogP contribution in [0.5, 0.6) is 5.75 Å². The number of halogens is 3. The van der Waals surface area contributed by atoms with Crippen molar-refractivity contribution in [1.82, 2.24) is 15.1 Å². The van der Waals surface area contributed by atoms with Crippen LogP contribution in [0.15, 0.2) is 48.8 Å². The molecular weight excluding hydrogens is 487 g/mol. The lowest BCUT2D eigenvalue weighted by atomic mass is 10.0. The van der Waals surface area contributed by atoms with Gasteiger partial charge in [0.15, 0.2) is 0 Å². The molecule has 37 heavy (non-hydrogen) atoms. The number of aromatic nitrogens is 2. The largest absolute Gasteiger partial charge is 0.486 e. The third kappa shape index (κ3) is 7.12. The minimum atomic E-state index is -4.46. The Morgan fingerprint density at radius 1 is 1.11 bits per heavy atom. The molecule has 1 aromatic heterocycles. The molecular formula is C27H30F3N3O4. The first-order valence-corrected chi connectivity index (χ1v) is 11.9. The van der Waals surface area contributed by atoms with E-state index >= 15 is 0 Å². The van der Waals surface area contributed by atoms with Gasteiger partial charge in [-0.05, 0) is 61.2 Å². The molecule has 0 saturated carbocycles. The second-order valence-corrected chi connectivity index (χ2v) is 8.68. The molecule has 1 heterocycles. The van der Waals surface area contributed by atoms with E-state index in [0.29, 0.717) is 17.0 Å². The number of esters is 1. The van der Waals surface area contributed by atoms with E-state index in [1.165, 1.54) is 11.8 Å². The van der Waals surface area contributed by atoms with Crippen LogP contribution in [-0.4, -0.2) is 35.3 Å². The van der Waals surface area contributed by atoms with Gasteiger partial charge in [-0.15, -0.1) is 0 Å². The quantitative estimate of drug-likeness (QED) is 0.348. The van der Waals surface area contributed by atoms with E-state index in [0.717, 1.165) is 41.9 Å². The minimum absolute atomic E-state index is 0.0915. The maximum absolute atomic E-state index is 13.0. The Morgan fingerprint density at radius 3 is 2.30 bits per heavy atom. The van der Waals surface area contributed by atoms with E-state index in [-0.39, 0.29) is 25.0 Å². The van der Waals surface area contributed by atoms with Crippen molar-refractivity contribution in [3.05, 3.63) is 76.6 Å². The van der Waals surface area contributed by atoms with Gasteiger partial charge in [0.1, 0.15) is 11.9 Å². The number of carbonyl (C=O) groups excluding carboxylic acids is 2. The molecule has 1 amide bonds. The number of carbonyl (C=O) groups is 2. The fraction of sp³-hybridized carbons (Fsp3) is 0.370. The summed E-state index contributed by atoms with van der Waals surface area (Å²) in [6, 6.07) is 10.6. The number of aryl methyl sites for hydroxylation is 2. The zero-order valence-corrected chi connectivity index (χ0v) is 21.2. The molecule has 0 aliphatic carbocycles. The molecule has 2 aromatic carbocycles. The fourth-order valence-electron chi connectivity index (χ4n) is 3.99. The predicted molar refractivity (Wildman–Crippen MR) is 132 cm³/mol. The second kappa shape index (κ2) is 11.9. The lowest BCUT2D eigenvalue weighted by Gasteiger charge is -2.21. The van der Waals surface area contributed by atoms with E-state index in [4.69, 9.17) is 4.74 Å². The highest BCUT2D eigenvalue weighted by molar-refractivity contribution is 5.94. The Hall–Kier alpha value is -3.82. The van der Waals surface area contributed by atoms with Crippen molar-refractivity contribution in [2.75, 3.05) is 13.7 Å². The van der Waals surface area contributed by atoms with Crippen molar-refractivity contribution >= 4 is 11.9 Å². The van der Waals surface area contributed by atoms with Gasteiger partial charge in [0.2, 0.25) is 0 Å². The van der Waals surface area contributed by atoms with Crippen LogP contribution < -0.4 is 10.1 Å². The third-order valence-corrected chi connectivity index (χ3v) is 5.82. The molecule has 10 heteroatoms. The summed E-state index contributed by atoms with van der Waals surface area (Å²) in [6.45, 7) is 5.81. The summed E-state index contributed by atoms with van der Waals surface area (Å²) in [5, 5.41) is 6.57. The molecule has 1 N–H and O–H groups in total. The summed E-state index contributed by atoms with van der Waals surface area (Å²) in [7, 11) is 1.29. The molecule has 1 atom stereocenters. The number of hydrogen-bond donors (Lipinski definition) is 1. The molecule has 3 aromatic rings. The smallest absolute Gasteiger partial charge is 0.419 e. The minimum Gasteiger partial charge on any atom is -0.486 e. The van der Waals surface area contributed by atoms with Gasteiger partial charge in [0, 0.05) is 18.3 Å². The zero-order valence-electron chi connectivity index (χ0n) is 21.2. The molecule has 0 bridgehead atoms. The highest BCUT2D eigenvalue weighted by atomic mass is 19.4. The van der Waals surface area contributed by atoms with Crippen LogP contribution in [0.4, 0.5) is 13.2 Å². The fourth-order valence-corrected chi connectivity index (χ4v) is 3.99. The van der Waals surface area contributed by atoms with Crippen molar-refractivity contribution in [3.63, 3.8) is 0 Å². The average molecular weight is 518 g/mol. The van der Waals surface area contributed by atoms with E-state index in [1.54, 1.807) is 38.1 Å². The van der Waals surface area contributed by atoms with Gasteiger partial charge >= 0.3 is 12.1 Å². The lowest BCUT2D eigenvalue weighted by Crippen LogP contribution is -2.26. The SMILES string of the molecule is CCCC(Oc1cc(C)c(-n2cc(C(F)(F)F)cn2)c(C)c1)c1ccc(C(=O)NCCC(=O)OC)cc1. The lowest BCUT2D eigenvalue weighted by molar-refractivity contribution is -0.140. The van der Waals surface area contributed by atoms with Crippen LogP contribution in [0.2, 0.25) is 0 Å². The Labute approximate surface area is 213 Å². The van der Waals surface area contributed by atoms with Gasteiger partial charge in [0.05, 0.1) is 31.0 Å². The number of nitrogens with zero attached hydrogens (tertiary/aromatic N) is 2. The van der Waals surface area contributed by atoms with Crippen LogP contribution in [0, 0.1) is 13.8 Å². The number of alkyl halides is 3. The summed E-state index contributed by atoms with van der Waals surface area (Å²) in [5.41, 5.74) is 2.54. The predicted octanol–water partition coefficient (Wildman–Crippen LogP) is 5.72. The van der Waals surface area contributed by atoms with Crippen molar-refractivity contribution in [3.8, 4) is 11.4 Å². The van der Waals surface area contributed by atoms with Gasteiger partial charge in [-0.3, -0.25) is 9.59 Å². The van der Waals surface area contributed by atoms with Gasteiger partial charge < -0.3 is 14.8 Å². The standard InChI is InChI=1S/C27H30F3N3O4/c1-5-6-23(19-7-9-20(10-8-19)26(35)31-12-11-24(34)36-4)37-22-13-17(2)25(18(3)14-22)33-16-21(15-32-33)27(28,29)30/h7-10,13-16,23H,5-6,11-12H2,1-4H3,(H,31,35). The third-order valence-electron chi connectivity index (χ3n) is 5.82. The molecule has 0 saturated heterocycles. The van der Waals surface area contributed by atoms with Gasteiger partial charge in [-0.1, -0.05) is 25.5 Å². The molecule has 0 spiro atoms. The average Bonchev–Trinajstić information content (AvgIpc) is 3.34. The summed E-state index contributed by atoms with van der Waals surface area (Å²) in [6.07, 6.45) is -1.30. The first kappa shape index (κ1) is 27.8. The van der Waals surface area contributed by atoms with Crippen LogP contribution >= 0.6 is 0 Å². The van der Waals surface area contributed by atoms with Crippen LogP contribution in [-0.2, 0) is 15.7 Å². The molecule has 0 fully saturated rings. The normalized spacial score (nSPS) is 12.2. The Morgan fingerprint density at radius 2 is 1.76 bits per heavy atom. The number of methoxy groups -OCH3 is 1. The van der Waals surface area contributed by atoms with Crippen molar-refractivity contribution in [1.29, 1.82) is 0 Å². The van der Waals surface area contributed by atoms with Gasteiger partial charge in [-0.2, -0.15) is 18.3 Å². The topological polar surface area (TPSA) is 82.5 Å². The first-order valence-electron chi connectivity index (χ1n) is 11.9. The number of nitrogens with one attached hydrogen (secondary N) is 1. The summed E-state index contributed by atoms with van der Waals surface area (Å²) in [5.74, 6) is -0.105. The number of benzene rings is 2. The van der Waals surface area contributed by atoms with Crippen LogP contribution in [0.1, 0.15) is 64.9 Å². The van der Waals surface area contributed by atoms with Crippen molar-refractivity contribution < 1.29 is 32.2 Å². The number of hydrogen-bond acceptors (Lipinski definition) is 5. The van der Waals surface area contributed by atoms with Crippen LogP contribution in [0.25, 0.3) is 5.69 Å². The Bertz CT molecular complexity index is 1210. The molecule has 0 radical (unpaired) electrons. The Kier molecular flexibility index (Phi) is 8.96. The number of ether oxygens (including phenoxy) is 2.